The molecule has 9 heteroatoms. The number of benzene rings is 1. The van der Waals surface area contributed by atoms with Crippen molar-refractivity contribution in [2.75, 3.05) is 32.1 Å². The van der Waals surface area contributed by atoms with E-state index in [1.165, 1.54) is 36.3 Å². The Morgan fingerprint density at radius 1 is 1.09 bits per heavy atom. The van der Waals surface area contributed by atoms with Gasteiger partial charge in [-0.1, -0.05) is 32.0 Å². The SMILES string of the molecule is COCCN(C(=O)CCC(=O)Nc1ccccn1)[C@H](C(=O)NCCC(C)C)c1ccc(F)cc1. The Balaban J connectivity index is 2.18. The summed E-state index contributed by atoms with van der Waals surface area (Å²) in [5.74, 6) is -0.767. The highest BCUT2D eigenvalue weighted by atomic mass is 19.1. The van der Waals surface area contributed by atoms with Gasteiger partial charge in [0, 0.05) is 39.2 Å². The lowest BCUT2D eigenvalue weighted by atomic mass is 10.0. The number of ether oxygens (including phenoxy) is 1. The monoisotopic (exact) mass is 472 g/mol. The molecule has 8 nitrogen and oxygen atoms in total. The number of amides is 3. The van der Waals surface area contributed by atoms with Gasteiger partial charge in [-0.25, -0.2) is 9.37 Å². The van der Waals surface area contributed by atoms with E-state index in [0.29, 0.717) is 23.8 Å². The van der Waals surface area contributed by atoms with Gasteiger partial charge in [-0.2, -0.15) is 0 Å². The quantitative estimate of drug-likeness (QED) is 0.466. The second kappa shape index (κ2) is 14.0. The number of halogens is 1. The van der Waals surface area contributed by atoms with Crippen molar-refractivity contribution in [2.24, 2.45) is 5.92 Å². The van der Waals surface area contributed by atoms with Crippen molar-refractivity contribution in [1.82, 2.24) is 15.2 Å². The molecule has 3 amide bonds. The van der Waals surface area contributed by atoms with Gasteiger partial charge >= 0.3 is 0 Å². The molecule has 0 spiro atoms. The number of anilines is 1. The summed E-state index contributed by atoms with van der Waals surface area (Å²) in [5, 5.41) is 5.52. The van der Waals surface area contributed by atoms with Gasteiger partial charge in [0.2, 0.25) is 17.7 Å². The number of methoxy groups -OCH3 is 1. The topological polar surface area (TPSA) is 101 Å². The van der Waals surface area contributed by atoms with Crippen LogP contribution in [0.15, 0.2) is 48.7 Å². The molecule has 0 radical (unpaired) electrons. The highest BCUT2D eigenvalue weighted by molar-refractivity contribution is 5.94. The van der Waals surface area contributed by atoms with Crippen LogP contribution in [0.2, 0.25) is 0 Å². The van der Waals surface area contributed by atoms with E-state index in [-0.39, 0.29) is 43.7 Å². The largest absolute Gasteiger partial charge is 0.383 e. The Kier molecular flexibility index (Phi) is 11.1. The van der Waals surface area contributed by atoms with E-state index < -0.39 is 11.9 Å². The highest BCUT2D eigenvalue weighted by Crippen LogP contribution is 2.23. The molecule has 2 aromatic rings. The van der Waals surface area contributed by atoms with Gasteiger partial charge < -0.3 is 20.3 Å². The van der Waals surface area contributed by atoms with Crippen LogP contribution in [0.25, 0.3) is 0 Å². The minimum atomic E-state index is -0.978. The summed E-state index contributed by atoms with van der Waals surface area (Å²) in [7, 11) is 1.50. The fourth-order valence-corrected chi connectivity index (χ4v) is 3.29. The lowest BCUT2D eigenvalue weighted by molar-refractivity contribution is -0.142. The third-order valence-corrected chi connectivity index (χ3v) is 5.12. The van der Waals surface area contributed by atoms with E-state index in [0.717, 1.165) is 6.42 Å². The average molecular weight is 473 g/mol. The second-order valence-corrected chi connectivity index (χ2v) is 8.27. The zero-order valence-corrected chi connectivity index (χ0v) is 19.9. The maximum atomic E-state index is 13.5. The van der Waals surface area contributed by atoms with Crippen LogP contribution in [0.5, 0.6) is 0 Å². The first-order valence-electron chi connectivity index (χ1n) is 11.3. The van der Waals surface area contributed by atoms with Gasteiger partial charge in [-0.15, -0.1) is 0 Å². The zero-order valence-electron chi connectivity index (χ0n) is 19.9. The van der Waals surface area contributed by atoms with Crippen molar-refractivity contribution in [2.45, 2.75) is 39.2 Å². The summed E-state index contributed by atoms with van der Waals surface area (Å²) in [6, 6.07) is 9.63. The lowest BCUT2D eigenvalue weighted by Gasteiger charge is -2.31. The number of hydrogen-bond donors (Lipinski definition) is 2. The predicted octanol–water partition coefficient (Wildman–Crippen LogP) is 3.32. The molecule has 0 unspecified atom stereocenters. The molecule has 1 aromatic carbocycles. The van der Waals surface area contributed by atoms with E-state index in [2.05, 4.69) is 15.6 Å². The normalized spacial score (nSPS) is 11.7. The molecule has 1 heterocycles. The summed E-state index contributed by atoms with van der Waals surface area (Å²) in [6.07, 6.45) is 2.14. The van der Waals surface area contributed by atoms with Crippen LogP contribution in [0, 0.1) is 11.7 Å². The summed E-state index contributed by atoms with van der Waals surface area (Å²) in [6.45, 7) is 4.88. The van der Waals surface area contributed by atoms with Crippen LogP contribution >= 0.6 is 0 Å². The third-order valence-electron chi connectivity index (χ3n) is 5.12. The second-order valence-electron chi connectivity index (χ2n) is 8.27. The number of nitrogens with zero attached hydrogens (tertiary/aromatic N) is 2. The molecule has 184 valence electrons. The number of carbonyl (C=O) groups excluding carboxylic acids is 3. The molecule has 0 aliphatic rings. The molecule has 34 heavy (non-hydrogen) atoms. The number of carbonyl (C=O) groups is 3. The minimum absolute atomic E-state index is 0.0794. The number of rotatable bonds is 13. The van der Waals surface area contributed by atoms with Gasteiger partial charge in [0.25, 0.3) is 0 Å². The van der Waals surface area contributed by atoms with Gasteiger partial charge in [0.05, 0.1) is 6.61 Å². The van der Waals surface area contributed by atoms with E-state index in [9.17, 15) is 18.8 Å². The number of aromatic nitrogens is 1. The smallest absolute Gasteiger partial charge is 0.247 e. The lowest BCUT2D eigenvalue weighted by Crippen LogP contribution is -2.45. The molecule has 0 aliphatic carbocycles. The fourth-order valence-electron chi connectivity index (χ4n) is 3.29. The summed E-state index contributed by atoms with van der Waals surface area (Å²) in [4.78, 5) is 44.1. The molecule has 2 N–H and O–H groups in total. The Bertz CT molecular complexity index is 922. The molecule has 1 atom stereocenters. The van der Waals surface area contributed by atoms with Crippen LogP contribution in [0.1, 0.15) is 44.7 Å². The summed E-state index contributed by atoms with van der Waals surface area (Å²) in [5.41, 5.74) is 0.478. The van der Waals surface area contributed by atoms with E-state index in [4.69, 9.17) is 4.74 Å². The molecule has 1 aromatic heterocycles. The van der Waals surface area contributed by atoms with E-state index >= 15 is 0 Å². The van der Waals surface area contributed by atoms with Gasteiger partial charge in [0.1, 0.15) is 17.7 Å². The first kappa shape index (κ1) is 26.9. The molecular formula is C25H33FN4O4. The standard InChI is InChI=1S/C25H33FN4O4/c1-18(2)13-15-28-25(33)24(19-7-9-20(26)10-8-19)30(16-17-34-3)23(32)12-11-22(31)29-21-6-4-5-14-27-21/h4-10,14,18,24H,11-13,15-17H2,1-3H3,(H,28,33)(H,27,29,31)/t24-/m0/s1. The van der Waals surface area contributed by atoms with Crippen LogP contribution in [0.3, 0.4) is 0 Å². The number of pyridine rings is 1. The van der Waals surface area contributed by atoms with Gasteiger partial charge in [-0.3, -0.25) is 14.4 Å². The third kappa shape index (κ3) is 8.90. The molecule has 0 saturated carbocycles. The summed E-state index contributed by atoms with van der Waals surface area (Å²) < 4.78 is 18.7. The molecular weight excluding hydrogens is 439 g/mol. The molecule has 0 bridgehead atoms. The maximum absolute atomic E-state index is 13.5. The summed E-state index contributed by atoms with van der Waals surface area (Å²) >= 11 is 0. The van der Waals surface area contributed by atoms with Crippen LogP contribution < -0.4 is 10.6 Å². The zero-order chi connectivity index (χ0) is 24.9. The molecule has 0 saturated heterocycles. The van der Waals surface area contributed by atoms with Gasteiger partial charge in [-0.05, 0) is 42.2 Å². The van der Waals surface area contributed by atoms with E-state index in [1.54, 1.807) is 24.4 Å². The molecule has 2 rings (SSSR count). The maximum Gasteiger partial charge on any atom is 0.247 e. The Hall–Kier alpha value is -3.33. The van der Waals surface area contributed by atoms with Crippen molar-refractivity contribution >= 4 is 23.5 Å². The van der Waals surface area contributed by atoms with E-state index in [1.807, 2.05) is 13.8 Å². The highest BCUT2D eigenvalue weighted by Gasteiger charge is 2.31. The fraction of sp³-hybridized carbons (Fsp3) is 0.440. The Morgan fingerprint density at radius 2 is 1.82 bits per heavy atom. The molecule has 0 fully saturated rings. The van der Waals surface area contributed by atoms with Crippen molar-refractivity contribution in [3.05, 3.63) is 60.0 Å². The molecule has 0 aliphatic heterocycles. The van der Waals surface area contributed by atoms with Crippen molar-refractivity contribution in [3.8, 4) is 0 Å². The van der Waals surface area contributed by atoms with Crippen molar-refractivity contribution < 1.29 is 23.5 Å². The van der Waals surface area contributed by atoms with Crippen molar-refractivity contribution in [1.29, 1.82) is 0 Å². The first-order chi connectivity index (χ1) is 16.3. The number of nitrogens with one attached hydrogen (secondary N) is 2. The average Bonchev–Trinajstić information content (AvgIpc) is 2.81. The Labute approximate surface area is 199 Å². The van der Waals surface area contributed by atoms with Crippen molar-refractivity contribution in [3.63, 3.8) is 0 Å². The Morgan fingerprint density at radius 3 is 2.44 bits per heavy atom. The first-order valence-corrected chi connectivity index (χ1v) is 11.3. The van der Waals surface area contributed by atoms with Crippen LogP contribution in [-0.4, -0.2) is 54.4 Å². The van der Waals surface area contributed by atoms with Gasteiger partial charge in [0.15, 0.2) is 0 Å². The van der Waals surface area contributed by atoms with Crippen LogP contribution in [0.4, 0.5) is 10.2 Å². The van der Waals surface area contributed by atoms with Crippen LogP contribution in [-0.2, 0) is 19.1 Å². The minimum Gasteiger partial charge on any atom is -0.383 e. The number of hydrogen-bond acceptors (Lipinski definition) is 5. The predicted molar refractivity (Wildman–Crippen MR) is 127 cm³/mol.